The molecule has 3 rings (SSSR count). The Kier molecular flexibility index (Phi) is 3.46. The molecule has 0 aliphatic carbocycles. The number of tetrazole rings is 1. The smallest absolute Gasteiger partial charge is 0.228 e. The van der Waals surface area contributed by atoms with Crippen molar-refractivity contribution in [3.63, 3.8) is 0 Å². The Hall–Kier alpha value is -2.96. The van der Waals surface area contributed by atoms with Crippen LogP contribution in [0.5, 0.6) is 0 Å². The van der Waals surface area contributed by atoms with E-state index < -0.39 is 0 Å². The minimum absolute atomic E-state index is 0.568. The number of aryl methyl sites for hydroxylation is 2. The van der Waals surface area contributed by atoms with Gasteiger partial charge in [0.1, 0.15) is 0 Å². The van der Waals surface area contributed by atoms with E-state index >= 15 is 0 Å². The number of nitrogens with one attached hydrogen (secondary N) is 1. The minimum atomic E-state index is 0.568. The highest BCUT2D eigenvalue weighted by Gasteiger charge is 2.05. The summed E-state index contributed by atoms with van der Waals surface area (Å²) in [5.74, 6) is 1.18. The van der Waals surface area contributed by atoms with E-state index in [0.29, 0.717) is 11.7 Å². The van der Waals surface area contributed by atoms with Gasteiger partial charge < -0.3 is 9.84 Å². The van der Waals surface area contributed by atoms with E-state index in [1.165, 1.54) is 5.56 Å². The second kappa shape index (κ2) is 5.58. The summed E-state index contributed by atoms with van der Waals surface area (Å²) in [5, 5.41) is 18.4. The van der Waals surface area contributed by atoms with Crippen LogP contribution in [0.25, 0.3) is 11.8 Å². The molecule has 0 spiro atoms. The van der Waals surface area contributed by atoms with Gasteiger partial charge in [0.25, 0.3) is 0 Å². The molecule has 0 aliphatic heterocycles. The van der Waals surface area contributed by atoms with Gasteiger partial charge >= 0.3 is 0 Å². The molecule has 0 fully saturated rings. The maximum absolute atomic E-state index is 5.04. The van der Waals surface area contributed by atoms with Crippen LogP contribution in [0.1, 0.15) is 17.1 Å². The third kappa shape index (κ3) is 2.97. The molecular formula is C14H14N6O. The van der Waals surface area contributed by atoms with Crippen molar-refractivity contribution in [3.8, 4) is 5.69 Å². The monoisotopic (exact) mass is 282 g/mol. The molecule has 7 heteroatoms. The molecule has 2 heterocycles. The third-order valence-electron chi connectivity index (χ3n) is 2.86. The Morgan fingerprint density at radius 3 is 2.71 bits per heavy atom. The Bertz CT molecular complexity index is 756. The number of rotatable bonds is 4. The Morgan fingerprint density at radius 1 is 1.19 bits per heavy atom. The first-order chi connectivity index (χ1) is 10.2. The van der Waals surface area contributed by atoms with E-state index in [0.717, 1.165) is 11.4 Å². The van der Waals surface area contributed by atoms with Crippen LogP contribution in [-0.2, 0) is 0 Å². The van der Waals surface area contributed by atoms with Crippen LogP contribution in [0.4, 0.5) is 5.88 Å². The predicted molar refractivity (Wildman–Crippen MR) is 77.8 cm³/mol. The fourth-order valence-corrected chi connectivity index (χ4v) is 1.80. The van der Waals surface area contributed by atoms with Crippen molar-refractivity contribution in [2.45, 2.75) is 13.8 Å². The van der Waals surface area contributed by atoms with Crippen LogP contribution in [-0.4, -0.2) is 25.4 Å². The van der Waals surface area contributed by atoms with Gasteiger partial charge in [-0.15, -0.1) is 5.10 Å². The molecule has 1 aromatic carbocycles. The number of aromatic nitrogens is 5. The summed E-state index contributed by atoms with van der Waals surface area (Å²) < 4.78 is 6.70. The summed E-state index contributed by atoms with van der Waals surface area (Å²) in [5.41, 5.74) is 2.91. The molecule has 0 radical (unpaired) electrons. The first-order valence-electron chi connectivity index (χ1n) is 6.44. The maximum atomic E-state index is 5.04. The van der Waals surface area contributed by atoms with Crippen LogP contribution >= 0.6 is 0 Å². The third-order valence-corrected chi connectivity index (χ3v) is 2.86. The van der Waals surface area contributed by atoms with Crippen molar-refractivity contribution < 1.29 is 4.52 Å². The predicted octanol–water partition coefficient (Wildman–Crippen LogP) is 2.35. The molecule has 7 nitrogen and oxygen atoms in total. The number of nitrogens with zero attached hydrogens (tertiary/aromatic N) is 5. The fourth-order valence-electron chi connectivity index (χ4n) is 1.80. The van der Waals surface area contributed by atoms with E-state index in [-0.39, 0.29) is 0 Å². The highest BCUT2D eigenvalue weighted by Crippen LogP contribution is 2.11. The van der Waals surface area contributed by atoms with Crippen molar-refractivity contribution in [2.75, 3.05) is 5.32 Å². The Balaban J connectivity index is 1.77. The topological polar surface area (TPSA) is 81.7 Å². The Labute approximate surface area is 121 Å². The van der Waals surface area contributed by atoms with Gasteiger partial charge in [-0.1, -0.05) is 22.9 Å². The molecule has 1 N–H and O–H groups in total. The van der Waals surface area contributed by atoms with Gasteiger partial charge in [0.05, 0.1) is 11.4 Å². The zero-order valence-electron chi connectivity index (χ0n) is 11.7. The summed E-state index contributed by atoms with van der Waals surface area (Å²) in [6.45, 7) is 3.89. The van der Waals surface area contributed by atoms with Gasteiger partial charge in [-0.3, -0.25) is 0 Å². The standard InChI is InChI=1S/C14H14N6O/c1-10-3-5-12(6-4-10)20-13(16-18-19-20)7-8-15-14-9-11(2)17-21-14/h3-9,15H,1-2H3/b8-7-. The van der Waals surface area contributed by atoms with E-state index in [2.05, 4.69) is 26.0 Å². The summed E-state index contributed by atoms with van der Waals surface area (Å²) >= 11 is 0. The van der Waals surface area contributed by atoms with Crippen LogP contribution in [0, 0.1) is 13.8 Å². The van der Waals surface area contributed by atoms with Crippen LogP contribution in [0.3, 0.4) is 0 Å². The number of anilines is 1. The van der Waals surface area contributed by atoms with Crippen LogP contribution in [0.2, 0.25) is 0 Å². The Morgan fingerprint density at radius 2 is 2.00 bits per heavy atom. The van der Waals surface area contributed by atoms with Crippen molar-refractivity contribution in [1.82, 2.24) is 25.4 Å². The molecule has 106 valence electrons. The van der Waals surface area contributed by atoms with Crippen molar-refractivity contribution in [3.05, 3.63) is 53.6 Å². The molecule has 0 unspecified atom stereocenters. The summed E-state index contributed by atoms with van der Waals surface area (Å²) in [6, 6.07) is 9.76. The van der Waals surface area contributed by atoms with Gasteiger partial charge in [-0.05, 0) is 36.4 Å². The average Bonchev–Trinajstić information content (AvgIpc) is 3.09. The fraction of sp³-hybridized carbons (Fsp3) is 0.143. The molecule has 0 saturated carbocycles. The van der Waals surface area contributed by atoms with E-state index in [4.69, 9.17) is 4.52 Å². The highest BCUT2D eigenvalue weighted by atomic mass is 16.5. The second-order valence-electron chi connectivity index (χ2n) is 4.59. The summed E-state index contributed by atoms with van der Waals surface area (Å²) in [7, 11) is 0. The zero-order valence-corrected chi connectivity index (χ0v) is 11.7. The van der Waals surface area contributed by atoms with E-state index in [1.807, 2.05) is 38.1 Å². The van der Waals surface area contributed by atoms with Gasteiger partial charge in [0.2, 0.25) is 5.88 Å². The molecular weight excluding hydrogens is 268 g/mol. The number of hydrogen-bond donors (Lipinski definition) is 1. The van der Waals surface area contributed by atoms with Crippen molar-refractivity contribution in [2.24, 2.45) is 0 Å². The molecule has 3 aromatic rings. The molecule has 0 bridgehead atoms. The van der Waals surface area contributed by atoms with E-state index in [9.17, 15) is 0 Å². The van der Waals surface area contributed by atoms with E-state index in [1.54, 1.807) is 23.0 Å². The van der Waals surface area contributed by atoms with Crippen LogP contribution < -0.4 is 5.32 Å². The largest absolute Gasteiger partial charge is 0.338 e. The molecule has 0 aliphatic rings. The molecule has 0 saturated heterocycles. The highest BCUT2D eigenvalue weighted by molar-refractivity contribution is 5.49. The number of hydrogen-bond acceptors (Lipinski definition) is 6. The minimum Gasteiger partial charge on any atom is -0.338 e. The molecule has 21 heavy (non-hydrogen) atoms. The maximum Gasteiger partial charge on any atom is 0.228 e. The lowest BCUT2D eigenvalue weighted by Gasteiger charge is -2.01. The SMILES string of the molecule is Cc1ccc(-n2nnnc2/C=C\Nc2cc(C)no2)cc1. The van der Waals surface area contributed by atoms with Crippen molar-refractivity contribution in [1.29, 1.82) is 0 Å². The van der Waals surface area contributed by atoms with Gasteiger partial charge in [-0.25, -0.2) is 0 Å². The summed E-state index contributed by atoms with van der Waals surface area (Å²) in [6.07, 6.45) is 3.47. The van der Waals surface area contributed by atoms with Gasteiger partial charge in [-0.2, -0.15) is 4.68 Å². The first-order valence-corrected chi connectivity index (χ1v) is 6.44. The lowest BCUT2D eigenvalue weighted by molar-refractivity contribution is 0.429. The van der Waals surface area contributed by atoms with Gasteiger partial charge in [0.15, 0.2) is 5.82 Å². The zero-order chi connectivity index (χ0) is 14.7. The quantitative estimate of drug-likeness (QED) is 0.791. The average molecular weight is 282 g/mol. The second-order valence-corrected chi connectivity index (χ2v) is 4.59. The lowest BCUT2D eigenvalue weighted by Crippen LogP contribution is -1.99. The number of benzene rings is 1. The van der Waals surface area contributed by atoms with Gasteiger partial charge in [0, 0.05) is 18.3 Å². The van der Waals surface area contributed by atoms with Crippen LogP contribution in [0.15, 0.2) is 41.1 Å². The summed E-state index contributed by atoms with van der Waals surface area (Å²) in [4.78, 5) is 0. The van der Waals surface area contributed by atoms with Crippen molar-refractivity contribution >= 4 is 12.0 Å². The normalized spacial score (nSPS) is 11.1. The lowest BCUT2D eigenvalue weighted by atomic mass is 10.2. The molecule has 0 atom stereocenters. The first kappa shape index (κ1) is 13.0. The molecule has 0 amide bonds. The molecule has 2 aromatic heterocycles.